The fourth-order valence-electron chi connectivity index (χ4n) is 2.47. The molecule has 1 aromatic carbocycles. The number of rotatable bonds is 10. The summed E-state index contributed by atoms with van der Waals surface area (Å²) in [4.78, 5) is 23.0. The van der Waals surface area contributed by atoms with E-state index in [2.05, 4.69) is 27.6 Å². The van der Waals surface area contributed by atoms with E-state index in [9.17, 15) is 9.59 Å². The standard InChI is InChI=1S/C18H25N5O2S/c1-13(8-9-14-6-4-3-5-7-14)20-17(25)12-26-18-22-21-16(23(18)2)11-10-15(19)24/h3-7,13H,8-12H2,1-2H3,(H2,19,24)(H,20,25)/t13-/m1/s1. The summed E-state index contributed by atoms with van der Waals surface area (Å²) in [6, 6.07) is 10.3. The number of nitrogens with one attached hydrogen (secondary N) is 1. The summed E-state index contributed by atoms with van der Waals surface area (Å²) in [5, 5.41) is 11.8. The molecule has 0 bridgehead atoms. The number of aromatic nitrogens is 3. The van der Waals surface area contributed by atoms with Crippen LogP contribution in [0.5, 0.6) is 0 Å². The number of aryl methyl sites for hydroxylation is 2. The zero-order valence-corrected chi connectivity index (χ0v) is 16.0. The van der Waals surface area contributed by atoms with Crippen LogP contribution in [0.4, 0.5) is 0 Å². The Hall–Kier alpha value is -2.35. The molecule has 0 spiro atoms. The molecule has 0 aliphatic carbocycles. The first-order valence-electron chi connectivity index (χ1n) is 8.58. The Balaban J connectivity index is 1.73. The number of hydrogen-bond acceptors (Lipinski definition) is 5. The fourth-order valence-corrected chi connectivity index (χ4v) is 3.21. The number of nitrogens with zero attached hydrogens (tertiary/aromatic N) is 3. The minimum atomic E-state index is -0.369. The molecule has 0 fully saturated rings. The maximum absolute atomic E-state index is 12.1. The van der Waals surface area contributed by atoms with Gasteiger partial charge in [0.2, 0.25) is 11.8 Å². The minimum Gasteiger partial charge on any atom is -0.370 e. The number of amides is 2. The summed E-state index contributed by atoms with van der Waals surface area (Å²) in [6.07, 6.45) is 2.50. The molecule has 1 heterocycles. The molecule has 1 atom stereocenters. The molecule has 0 aliphatic heterocycles. The van der Waals surface area contributed by atoms with Crippen molar-refractivity contribution in [2.75, 3.05) is 5.75 Å². The normalized spacial score (nSPS) is 11.9. The van der Waals surface area contributed by atoms with E-state index in [1.165, 1.54) is 17.3 Å². The SMILES string of the molecule is C[C@H](CCc1ccccc1)NC(=O)CSc1nnc(CCC(N)=O)n1C. The molecule has 2 aromatic rings. The second-order valence-electron chi connectivity index (χ2n) is 6.21. The molecule has 0 unspecified atom stereocenters. The van der Waals surface area contributed by atoms with Crippen molar-refractivity contribution in [3.63, 3.8) is 0 Å². The highest BCUT2D eigenvalue weighted by molar-refractivity contribution is 7.99. The van der Waals surface area contributed by atoms with E-state index >= 15 is 0 Å². The third kappa shape index (κ3) is 6.51. The summed E-state index contributed by atoms with van der Waals surface area (Å²) in [5.41, 5.74) is 6.42. The Bertz CT molecular complexity index is 732. The second-order valence-corrected chi connectivity index (χ2v) is 7.15. The molecule has 8 heteroatoms. The van der Waals surface area contributed by atoms with Gasteiger partial charge < -0.3 is 15.6 Å². The molecule has 0 saturated carbocycles. The molecule has 0 aliphatic rings. The molecular weight excluding hydrogens is 350 g/mol. The van der Waals surface area contributed by atoms with Crippen LogP contribution in [0.25, 0.3) is 0 Å². The largest absolute Gasteiger partial charge is 0.370 e. The van der Waals surface area contributed by atoms with Crippen molar-refractivity contribution in [3.8, 4) is 0 Å². The molecule has 1 aromatic heterocycles. The van der Waals surface area contributed by atoms with E-state index in [-0.39, 0.29) is 30.0 Å². The molecule has 0 saturated heterocycles. The van der Waals surface area contributed by atoms with E-state index in [4.69, 9.17) is 5.73 Å². The monoisotopic (exact) mass is 375 g/mol. The smallest absolute Gasteiger partial charge is 0.230 e. The lowest BCUT2D eigenvalue weighted by Gasteiger charge is -2.13. The highest BCUT2D eigenvalue weighted by Gasteiger charge is 2.13. The van der Waals surface area contributed by atoms with Crippen LogP contribution in [0.1, 0.15) is 31.2 Å². The average molecular weight is 375 g/mol. The number of nitrogens with two attached hydrogens (primary N) is 1. The van der Waals surface area contributed by atoms with Gasteiger partial charge in [-0.1, -0.05) is 42.1 Å². The quantitative estimate of drug-likeness (QED) is 0.612. The maximum atomic E-state index is 12.1. The predicted molar refractivity (Wildman–Crippen MR) is 102 cm³/mol. The van der Waals surface area contributed by atoms with Crippen LogP contribution in [-0.4, -0.2) is 38.4 Å². The molecule has 2 rings (SSSR count). The van der Waals surface area contributed by atoms with E-state index < -0.39 is 0 Å². The molecule has 0 radical (unpaired) electrons. The second kappa shape index (κ2) is 9.96. The highest BCUT2D eigenvalue weighted by atomic mass is 32.2. The first-order chi connectivity index (χ1) is 12.5. The fraction of sp³-hybridized carbons (Fsp3) is 0.444. The highest BCUT2D eigenvalue weighted by Crippen LogP contribution is 2.16. The Kier molecular flexibility index (Phi) is 7.65. The summed E-state index contributed by atoms with van der Waals surface area (Å²) in [6.45, 7) is 2.01. The number of thioether (sulfide) groups is 1. The molecule has 7 nitrogen and oxygen atoms in total. The van der Waals surface area contributed by atoms with Crippen molar-refractivity contribution < 1.29 is 9.59 Å². The molecule has 3 N–H and O–H groups in total. The van der Waals surface area contributed by atoms with Gasteiger partial charge in [0.25, 0.3) is 0 Å². The summed E-state index contributed by atoms with van der Waals surface area (Å²) in [7, 11) is 1.82. The topological polar surface area (TPSA) is 103 Å². The van der Waals surface area contributed by atoms with Gasteiger partial charge in [-0.3, -0.25) is 9.59 Å². The van der Waals surface area contributed by atoms with Gasteiger partial charge in [-0.2, -0.15) is 0 Å². The lowest BCUT2D eigenvalue weighted by Crippen LogP contribution is -2.34. The molecule has 2 amide bonds. The number of hydrogen-bond donors (Lipinski definition) is 2. The van der Waals surface area contributed by atoms with Crippen molar-refractivity contribution in [3.05, 3.63) is 41.7 Å². The first kappa shape index (κ1) is 20.0. The molecule has 140 valence electrons. The Morgan fingerprint density at radius 2 is 1.96 bits per heavy atom. The van der Waals surface area contributed by atoms with Crippen molar-refractivity contribution in [1.82, 2.24) is 20.1 Å². The summed E-state index contributed by atoms with van der Waals surface area (Å²) >= 11 is 1.33. The van der Waals surface area contributed by atoms with Gasteiger partial charge in [0.15, 0.2) is 5.16 Å². The van der Waals surface area contributed by atoms with E-state index in [0.717, 1.165) is 12.8 Å². The zero-order valence-electron chi connectivity index (χ0n) is 15.1. The van der Waals surface area contributed by atoms with Crippen LogP contribution in [0.15, 0.2) is 35.5 Å². The van der Waals surface area contributed by atoms with Crippen LogP contribution in [-0.2, 0) is 29.5 Å². The number of primary amides is 1. The molecular formula is C18H25N5O2S. The van der Waals surface area contributed by atoms with Crippen molar-refractivity contribution in [2.24, 2.45) is 12.8 Å². The first-order valence-corrected chi connectivity index (χ1v) is 9.57. The Morgan fingerprint density at radius 1 is 1.23 bits per heavy atom. The van der Waals surface area contributed by atoms with Crippen LogP contribution < -0.4 is 11.1 Å². The summed E-state index contributed by atoms with van der Waals surface area (Å²) in [5.74, 6) is 0.559. The Morgan fingerprint density at radius 3 is 2.65 bits per heavy atom. The maximum Gasteiger partial charge on any atom is 0.230 e. The third-order valence-electron chi connectivity index (χ3n) is 3.97. The van der Waals surface area contributed by atoms with Crippen molar-refractivity contribution in [2.45, 2.75) is 43.8 Å². The van der Waals surface area contributed by atoms with Crippen LogP contribution in [0.3, 0.4) is 0 Å². The van der Waals surface area contributed by atoms with Gasteiger partial charge in [-0.25, -0.2) is 0 Å². The lowest BCUT2D eigenvalue weighted by molar-refractivity contribution is -0.119. The zero-order chi connectivity index (χ0) is 18.9. The van der Waals surface area contributed by atoms with E-state index in [1.807, 2.05) is 32.2 Å². The molecule has 26 heavy (non-hydrogen) atoms. The lowest BCUT2D eigenvalue weighted by atomic mass is 10.1. The van der Waals surface area contributed by atoms with Crippen LogP contribution >= 0.6 is 11.8 Å². The van der Waals surface area contributed by atoms with Gasteiger partial charge in [0, 0.05) is 25.9 Å². The van der Waals surface area contributed by atoms with Gasteiger partial charge in [-0.05, 0) is 25.3 Å². The van der Waals surface area contributed by atoms with Gasteiger partial charge in [0.05, 0.1) is 5.75 Å². The summed E-state index contributed by atoms with van der Waals surface area (Å²) < 4.78 is 1.79. The Labute approximate surface area is 157 Å². The van der Waals surface area contributed by atoms with E-state index in [0.29, 0.717) is 17.4 Å². The van der Waals surface area contributed by atoms with Gasteiger partial charge in [-0.15, -0.1) is 10.2 Å². The number of carbonyl (C=O) groups is 2. The van der Waals surface area contributed by atoms with Gasteiger partial charge >= 0.3 is 0 Å². The predicted octanol–water partition coefficient (Wildman–Crippen LogP) is 1.46. The minimum absolute atomic E-state index is 0.0303. The van der Waals surface area contributed by atoms with Crippen molar-refractivity contribution >= 4 is 23.6 Å². The third-order valence-corrected chi connectivity index (χ3v) is 4.99. The average Bonchev–Trinajstić information content (AvgIpc) is 2.97. The van der Waals surface area contributed by atoms with Crippen molar-refractivity contribution in [1.29, 1.82) is 0 Å². The number of carbonyl (C=O) groups excluding carboxylic acids is 2. The van der Waals surface area contributed by atoms with Crippen LogP contribution in [0, 0.1) is 0 Å². The van der Waals surface area contributed by atoms with Gasteiger partial charge in [0.1, 0.15) is 5.82 Å². The van der Waals surface area contributed by atoms with Crippen LogP contribution in [0.2, 0.25) is 0 Å². The van der Waals surface area contributed by atoms with E-state index in [1.54, 1.807) is 4.57 Å². The number of benzene rings is 1.